The van der Waals surface area contributed by atoms with Crippen molar-refractivity contribution < 1.29 is 27.5 Å². The van der Waals surface area contributed by atoms with E-state index in [-0.39, 0.29) is 17.1 Å². The summed E-state index contributed by atoms with van der Waals surface area (Å²) < 4.78 is 30.6. The van der Waals surface area contributed by atoms with Gasteiger partial charge in [-0.3, -0.25) is 13.9 Å². The number of ketones is 1. The van der Waals surface area contributed by atoms with Crippen molar-refractivity contribution in [1.29, 1.82) is 0 Å². The van der Waals surface area contributed by atoms with Crippen molar-refractivity contribution in [3.63, 3.8) is 0 Å². The zero-order valence-electron chi connectivity index (χ0n) is 15.3. The molecule has 0 aromatic heterocycles. The molecule has 7 nitrogen and oxygen atoms in total. The van der Waals surface area contributed by atoms with Gasteiger partial charge in [-0.25, -0.2) is 13.2 Å². The zero-order valence-corrected chi connectivity index (χ0v) is 16.1. The van der Waals surface area contributed by atoms with Crippen LogP contribution < -0.4 is 4.31 Å². The SMILES string of the molecule is CCS(=O)(=O)N1CCc2cc(C(=O)COC(=O)c3ccc(C=O)cc3)ccc21. The Morgan fingerprint density at radius 1 is 1.11 bits per heavy atom. The molecule has 0 aliphatic carbocycles. The largest absolute Gasteiger partial charge is 0.454 e. The van der Waals surface area contributed by atoms with E-state index >= 15 is 0 Å². The second kappa shape index (κ2) is 7.93. The van der Waals surface area contributed by atoms with E-state index in [2.05, 4.69) is 0 Å². The van der Waals surface area contributed by atoms with Gasteiger partial charge in [0, 0.05) is 17.7 Å². The number of Topliss-reactive ketones (excluding diaryl/α,β-unsaturated/α-hetero) is 1. The van der Waals surface area contributed by atoms with Crippen molar-refractivity contribution in [1.82, 2.24) is 0 Å². The van der Waals surface area contributed by atoms with Gasteiger partial charge in [-0.1, -0.05) is 12.1 Å². The number of fused-ring (bicyclic) bond motifs is 1. The lowest BCUT2D eigenvalue weighted by atomic mass is 10.1. The van der Waals surface area contributed by atoms with Crippen molar-refractivity contribution in [2.24, 2.45) is 0 Å². The Hall–Kier alpha value is -3.00. The highest BCUT2D eigenvalue weighted by atomic mass is 32.2. The highest BCUT2D eigenvalue weighted by Crippen LogP contribution is 2.31. The van der Waals surface area contributed by atoms with Crippen LogP contribution in [0, 0.1) is 0 Å². The first-order chi connectivity index (χ1) is 13.4. The summed E-state index contributed by atoms with van der Waals surface area (Å²) in [5, 5.41) is 0. The van der Waals surface area contributed by atoms with E-state index in [9.17, 15) is 22.8 Å². The summed E-state index contributed by atoms with van der Waals surface area (Å²) in [6, 6.07) is 10.7. The lowest BCUT2D eigenvalue weighted by Crippen LogP contribution is -2.30. The minimum absolute atomic E-state index is 0.0108. The van der Waals surface area contributed by atoms with E-state index in [1.165, 1.54) is 34.6 Å². The molecular weight excluding hydrogens is 382 g/mol. The average Bonchev–Trinajstić information content (AvgIpc) is 3.16. The third kappa shape index (κ3) is 3.96. The van der Waals surface area contributed by atoms with Crippen LogP contribution in [0.5, 0.6) is 0 Å². The van der Waals surface area contributed by atoms with Crippen molar-refractivity contribution in [2.45, 2.75) is 13.3 Å². The fraction of sp³-hybridized carbons (Fsp3) is 0.250. The summed E-state index contributed by atoms with van der Waals surface area (Å²) in [5.41, 5.74) is 2.40. The number of ether oxygens (including phenoxy) is 1. The summed E-state index contributed by atoms with van der Waals surface area (Å²) >= 11 is 0. The Morgan fingerprint density at radius 2 is 1.79 bits per heavy atom. The first-order valence-corrected chi connectivity index (χ1v) is 10.4. The number of nitrogens with zero attached hydrogens (tertiary/aromatic N) is 1. The molecule has 0 atom stereocenters. The molecule has 2 aromatic rings. The normalized spacial score (nSPS) is 13.1. The van der Waals surface area contributed by atoms with E-state index in [0.717, 1.165) is 5.56 Å². The van der Waals surface area contributed by atoms with E-state index in [0.29, 0.717) is 36.1 Å². The average molecular weight is 401 g/mol. The first kappa shape index (κ1) is 19.8. The summed E-state index contributed by atoms with van der Waals surface area (Å²) in [6.07, 6.45) is 1.19. The number of esters is 1. The van der Waals surface area contributed by atoms with E-state index in [4.69, 9.17) is 4.74 Å². The Bertz CT molecular complexity index is 1030. The van der Waals surface area contributed by atoms with Crippen molar-refractivity contribution in [3.8, 4) is 0 Å². The molecule has 1 heterocycles. The molecule has 1 aliphatic heterocycles. The van der Waals surface area contributed by atoms with Gasteiger partial charge >= 0.3 is 5.97 Å². The third-order valence-electron chi connectivity index (χ3n) is 4.57. The number of benzene rings is 2. The smallest absolute Gasteiger partial charge is 0.338 e. The second-order valence-electron chi connectivity index (χ2n) is 6.31. The number of aldehydes is 1. The zero-order chi connectivity index (χ0) is 20.3. The van der Waals surface area contributed by atoms with Gasteiger partial charge in [0.05, 0.1) is 17.0 Å². The minimum atomic E-state index is -3.34. The number of hydrogen-bond donors (Lipinski definition) is 0. The van der Waals surface area contributed by atoms with Crippen LogP contribution in [0.1, 0.15) is 43.6 Å². The fourth-order valence-corrected chi connectivity index (χ4v) is 4.14. The van der Waals surface area contributed by atoms with Gasteiger partial charge in [0.2, 0.25) is 10.0 Å². The quantitative estimate of drug-likeness (QED) is 0.401. The van der Waals surface area contributed by atoms with Crippen molar-refractivity contribution >= 4 is 33.7 Å². The van der Waals surface area contributed by atoms with Crippen LogP contribution in [0.4, 0.5) is 5.69 Å². The first-order valence-electron chi connectivity index (χ1n) is 8.74. The summed E-state index contributed by atoms with van der Waals surface area (Å²) in [5.74, 6) is -1.03. The topological polar surface area (TPSA) is 97.8 Å². The van der Waals surface area contributed by atoms with E-state index < -0.39 is 22.6 Å². The number of sulfonamides is 1. The molecule has 0 unspecified atom stereocenters. The summed E-state index contributed by atoms with van der Waals surface area (Å²) in [6.45, 7) is 1.52. The molecule has 1 aliphatic rings. The van der Waals surface area contributed by atoms with Crippen LogP contribution in [0.3, 0.4) is 0 Å². The molecule has 0 amide bonds. The predicted molar refractivity (Wildman–Crippen MR) is 103 cm³/mol. The Kier molecular flexibility index (Phi) is 5.60. The standard InChI is InChI=1S/C20H19NO6S/c1-2-28(25,26)21-10-9-16-11-17(7-8-18(16)21)19(23)13-27-20(24)15-5-3-14(12-22)4-6-15/h3-8,11-12H,2,9-10,13H2,1H3. The fourth-order valence-electron chi connectivity index (χ4n) is 2.99. The van der Waals surface area contributed by atoms with E-state index in [1.807, 2.05) is 0 Å². The molecular formula is C20H19NO6S. The van der Waals surface area contributed by atoms with Gasteiger partial charge in [-0.2, -0.15) is 0 Å². The van der Waals surface area contributed by atoms with Crippen LogP contribution in [0.25, 0.3) is 0 Å². The van der Waals surface area contributed by atoms with Crippen LogP contribution in [0.15, 0.2) is 42.5 Å². The number of carbonyl (C=O) groups is 3. The number of anilines is 1. The molecule has 0 bridgehead atoms. The molecule has 0 spiro atoms. The molecule has 3 rings (SSSR count). The van der Waals surface area contributed by atoms with Gasteiger partial charge in [0.25, 0.3) is 0 Å². The maximum absolute atomic E-state index is 12.4. The van der Waals surface area contributed by atoms with Gasteiger partial charge in [0.1, 0.15) is 6.29 Å². The minimum Gasteiger partial charge on any atom is -0.454 e. The molecule has 0 saturated carbocycles. The van der Waals surface area contributed by atoms with Gasteiger partial charge in [-0.15, -0.1) is 0 Å². The number of hydrogen-bond acceptors (Lipinski definition) is 6. The van der Waals surface area contributed by atoms with Crippen LogP contribution in [-0.2, 0) is 21.2 Å². The lowest BCUT2D eigenvalue weighted by Gasteiger charge is -2.18. The molecule has 0 fully saturated rings. The molecule has 0 N–H and O–H groups in total. The maximum Gasteiger partial charge on any atom is 0.338 e. The van der Waals surface area contributed by atoms with Gasteiger partial charge < -0.3 is 4.74 Å². The molecule has 8 heteroatoms. The molecule has 0 radical (unpaired) electrons. The lowest BCUT2D eigenvalue weighted by molar-refractivity contribution is 0.0474. The monoisotopic (exact) mass is 401 g/mol. The summed E-state index contributed by atoms with van der Waals surface area (Å²) in [4.78, 5) is 35.0. The third-order valence-corrected chi connectivity index (χ3v) is 6.35. The Labute approximate surface area is 163 Å². The van der Waals surface area contributed by atoms with Gasteiger partial charge in [-0.05, 0) is 49.2 Å². The second-order valence-corrected chi connectivity index (χ2v) is 8.49. The molecule has 2 aromatic carbocycles. The summed E-state index contributed by atoms with van der Waals surface area (Å²) in [7, 11) is -3.34. The van der Waals surface area contributed by atoms with Crippen LogP contribution in [0.2, 0.25) is 0 Å². The molecule has 0 saturated heterocycles. The predicted octanol–water partition coefficient (Wildman–Crippen LogP) is 2.25. The van der Waals surface area contributed by atoms with E-state index in [1.54, 1.807) is 19.1 Å². The highest BCUT2D eigenvalue weighted by molar-refractivity contribution is 7.92. The maximum atomic E-state index is 12.4. The Balaban J connectivity index is 1.67. The van der Waals surface area contributed by atoms with Crippen LogP contribution in [-0.4, -0.2) is 45.4 Å². The Morgan fingerprint density at radius 3 is 2.43 bits per heavy atom. The molecule has 28 heavy (non-hydrogen) atoms. The number of carbonyl (C=O) groups excluding carboxylic acids is 3. The highest BCUT2D eigenvalue weighted by Gasteiger charge is 2.28. The number of rotatable bonds is 7. The van der Waals surface area contributed by atoms with Crippen LogP contribution >= 0.6 is 0 Å². The molecule has 146 valence electrons. The van der Waals surface area contributed by atoms with Crippen molar-refractivity contribution in [3.05, 3.63) is 64.7 Å². The van der Waals surface area contributed by atoms with Gasteiger partial charge in [0.15, 0.2) is 12.4 Å². The van der Waals surface area contributed by atoms with Crippen molar-refractivity contribution in [2.75, 3.05) is 23.2 Å².